The van der Waals surface area contributed by atoms with E-state index in [9.17, 15) is 9.59 Å². The summed E-state index contributed by atoms with van der Waals surface area (Å²) < 4.78 is 5.18. The van der Waals surface area contributed by atoms with Crippen LogP contribution in [-0.4, -0.2) is 35.4 Å². The molecule has 3 aromatic rings. The van der Waals surface area contributed by atoms with Gasteiger partial charge in [-0.3, -0.25) is 14.7 Å². The molecule has 0 amide bonds. The molecule has 0 radical (unpaired) electrons. The third-order valence-corrected chi connectivity index (χ3v) is 4.45. The molecule has 26 heavy (non-hydrogen) atoms. The Balaban J connectivity index is 1.78. The number of nitrogens with one attached hydrogen (secondary N) is 2. The van der Waals surface area contributed by atoms with Crippen molar-refractivity contribution in [1.29, 1.82) is 0 Å². The summed E-state index contributed by atoms with van der Waals surface area (Å²) in [5.74, 6) is 0.652. The van der Waals surface area contributed by atoms with Crippen LogP contribution in [0.25, 0.3) is 22.5 Å². The van der Waals surface area contributed by atoms with E-state index in [2.05, 4.69) is 15.5 Å². The maximum atomic E-state index is 13.1. The average Bonchev–Trinajstić information content (AvgIpc) is 3.21. The molecule has 0 saturated heterocycles. The number of H-pyrrole nitrogens is 1. The lowest BCUT2D eigenvalue weighted by Gasteiger charge is -2.09. The Morgan fingerprint density at radius 3 is 2.62 bits per heavy atom. The second-order valence-corrected chi connectivity index (χ2v) is 6.16. The molecule has 2 aromatic carbocycles. The van der Waals surface area contributed by atoms with Gasteiger partial charge in [0.05, 0.1) is 30.5 Å². The lowest BCUT2D eigenvalue weighted by atomic mass is 10.0. The number of aromatic nitrogens is 2. The Kier molecular flexibility index (Phi) is 3.80. The third-order valence-electron chi connectivity index (χ3n) is 4.45. The van der Waals surface area contributed by atoms with Gasteiger partial charge in [-0.15, -0.1) is 0 Å². The maximum Gasteiger partial charge on any atom is 0.200 e. The molecule has 0 bridgehead atoms. The number of fused-ring (bicyclic) bond motifs is 3. The van der Waals surface area contributed by atoms with Gasteiger partial charge in [0, 0.05) is 16.8 Å². The minimum atomic E-state index is -0.0961. The molecule has 6 heteroatoms. The maximum absolute atomic E-state index is 13.1. The largest absolute Gasteiger partial charge is 0.497 e. The lowest BCUT2D eigenvalue weighted by Crippen LogP contribution is -2.12. The standard InChI is InChI=1S/C20H17N3O3/c1-11(24)10-21-15-5-3-4-14-16(15)20(25)17-18(22-23-19(14)17)12-6-8-13(26-2)9-7-12/h3-9,21H,10H2,1-2H3,(H,22,23). The fourth-order valence-corrected chi connectivity index (χ4v) is 3.21. The van der Waals surface area contributed by atoms with Crippen molar-refractivity contribution in [3.63, 3.8) is 0 Å². The van der Waals surface area contributed by atoms with Gasteiger partial charge in [0.25, 0.3) is 0 Å². The van der Waals surface area contributed by atoms with Crippen LogP contribution in [0.3, 0.4) is 0 Å². The normalized spacial score (nSPS) is 11.8. The first kappa shape index (κ1) is 16.1. The van der Waals surface area contributed by atoms with Gasteiger partial charge in [0.15, 0.2) is 5.78 Å². The molecule has 1 aliphatic rings. The SMILES string of the molecule is COc1ccc(-c2n[nH]c3c2C(=O)c2c(NCC(C)=O)cccc2-3)cc1. The highest BCUT2D eigenvalue weighted by molar-refractivity contribution is 6.26. The van der Waals surface area contributed by atoms with Gasteiger partial charge in [-0.05, 0) is 37.3 Å². The first-order chi connectivity index (χ1) is 12.6. The van der Waals surface area contributed by atoms with Gasteiger partial charge < -0.3 is 10.1 Å². The second-order valence-electron chi connectivity index (χ2n) is 6.16. The Morgan fingerprint density at radius 2 is 1.92 bits per heavy atom. The summed E-state index contributed by atoms with van der Waals surface area (Å²) in [5.41, 5.74) is 4.75. The molecule has 2 N–H and O–H groups in total. The van der Waals surface area contributed by atoms with E-state index in [1.165, 1.54) is 6.92 Å². The van der Waals surface area contributed by atoms with Crippen molar-refractivity contribution in [3.05, 3.63) is 53.6 Å². The van der Waals surface area contributed by atoms with Gasteiger partial charge >= 0.3 is 0 Å². The zero-order chi connectivity index (χ0) is 18.3. The van der Waals surface area contributed by atoms with Crippen molar-refractivity contribution < 1.29 is 14.3 Å². The number of nitrogens with zero attached hydrogens (tertiary/aromatic N) is 1. The van der Waals surface area contributed by atoms with Crippen molar-refractivity contribution in [2.24, 2.45) is 0 Å². The van der Waals surface area contributed by atoms with Gasteiger partial charge in [0.2, 0.25) is 0 Å². The quantitative estimate of drug-likeness (QED) is 0.579. The molecule has 0 saturated carbocycles. The fourth-order valence-electron chi connectivity index (χ4n) is 3.21. The number of anilines is 1. The zero-order valence-corrected chi connectivity index (χ0v) is 14.4. The number of rotatable bonds is 5. The van der Waals surface area contributed by atoms with E-state index in [4.69, 9.17) is 4.74 Å². The summed E-state index contributed by atoms with van der Waals surface area (Å²) in [5, 5.41) is 10.4. The van der Waals surface area contributed by atoms with Crippen LogP contribution >= 0.6 is 0 Å². The van der Waals surface area contributed by atoms with Gasteiger partial charge in [-0.2, -0.15) is 5.10 Å². The zero-order valence-electron chi connectivity index (χ0n) is 14.4. The smallest absolute Gasteiger partial charge is 0.200 e. The number of Topliss-reactive ketones (excluding diaryl/α,β-unsaturated/α-hetero) is 1. The minimum Gasteiger partial charge on any atom is -0.497 e. The van der Waals surface area contributed by atoms with Crippen LogP contribution in [0.5, 0.6) is 5.75 Å². The fraction of sp³-hybridized carbons (Fsp3) is 0.150. The Morgan fingerprint density at radius 1 is 1.15 bits per heavy atom. The van der Waals surface area contributed by atoms with E-state index in [-0.39, 0.29) is 18.1 Å². The van der Waals surface area contributed by atoms with E-state index in [0.717, 1.165) is 16.9 Å². The monoisotopic (exact) mass is 347 g/mol. The number of carbonyl (C=O) groups is 2. The number of ketones is 2. The van der Waals surface area contributed by atoms with Gasteiger partial charge in [-0.1, -0.05) is 12.1 Å². The topological polar surface area (TPSA) is 84.1 Å². The van der Waals surface area contributed by atoms with Crippen LogP contribution in [0.4, 0.5) is 5.69 Å². The number of hydrogen-bond acceptors (Lipinski definition) is 5. The van der Waals surface area contributed by atoms with E-state index >= 15 is 0 Å². The highest BCUT2D eigenvalue weighted by Gasteiger charge is 2.34. The molecule has 0 aliphatic heterocycles. The number of aromatic amines is 1. The van der Waals surface area contributed by atoms with E-state index in [1.54, 1.807) is 7.11 Å². The Bertz CT molecular complexity index is 1020. The average molecular weight is 347 g/mol. The molecule has 0 fully saturated rings. The summed E-state index contributed by atoms with van der Waals surface area (Å²) in [7, 11) is 1.61. The molecule has 1 aliphatic carbocycles. The molecular weight excluding hydrogens is 330 g/mol. The summed E-state index contributed by atoms with van der Waals surface area (Å²) >= 11 is 0. The van der Waals surface area contributed by atoms with Gasteiger partial charge in [-0.25, -0.2) is 0 Å². The van der Waals surface area contributed by atoms with Crippen LogP contribution in [0.15, 0.2) is 42.5 Å². The van der Waals surface area contributed by atoms with Gasteiger partial charge in [0.1, 0.15) is 17.2 Å². The van der Waals surface area contributed by atoms with Crippen molar-refractivity contribution in [2.45, 2.75) is 6.92 Å². The first-order valence-electron chi connectivity index (χ1n) is 8.24. The van der Waals surface area contributed by atoms with Crippen molar-refractivity contribution in [3.8, 4) is 28.3 Å². The van der Waals surface area contributed by atoms with Crippen LogP contribution in [0.2, 0.25) is 0 Å². The molecule has 1 heterocycles. The minimum absolute atomic E-state index is 0.00663. The van der Waals surface area contributed by atoms with Crippen molar-refractivity contribution in [1.82, 2.24) is 10.2 Å². The molecule has 130 valence electrons. The molecule has 0 spiro atoms. The summed E-state index contributed by atoms with van der Waals surface area (Å²) in [6.45, 7) is 1.69. The number of carbonyl (C=O) groups excluding carboxylic acids is 2. The molecule has 0 unspecified atom stereocenters. The molecule has 0 atom stereocenters. The number of ether oxygens (including phenoxy) is 1. The predicted molar refractivity (Wildman–Crippen MR) is 98.6 cm³/mol. The molecule has 6 nitrogen and oxygen atoms in total. The van der Waals surface area contributed by atoms with Crippen LogP contribution in [-0.2, 0) is 4.79 Å². The Hall–Kier alpha value is -3.41. The lowest BCUT2D eigenvalue weighted by molar-refractivity contribution is -0.115. The Labute approximate surface area is 150 Å². The molecule has 4 rings (SSSR count). The number of hydrogen-bond donors (Lipinski definition) is 2. The van der Waals surface area contributed by atoms with Crippen molar-refractivity contribution >= 4 is 17.3 Å². The number of benzene rings is 2. The van der Waals surface area contributed by atoms with E-state index < -0.39 is 0 Å². The van der Waals surface area contributed by atoms with E-state index in [0.29, 0.717) is 28.2 Å². The highest BCUT2D eigenvalue weighted by atomic mass is 16.5. The summed E-state index contributed by atoms with van der Waals surface area (Å²) in [6.07, 6.45) is 0. The third kappa shape index (κ3) is 2.47. The van der Waals surface area contributed by atoms with Crippen LogP contribution in [0.1, 0.15) is 22.8 Å². The van der Waals surface area contributed by atoms with E-state index in [1.807, 2.05) is 42.5 Å². The van der Waals surface area contributed by atoms with Crippen LogP contribution < -0.4 is 10.1 Å². The van der Waals surface area contributed by atoms with Crippen LogP contribution in [0, 0.1) is 0 Å². The summed E-state index contributed by atoms with van der Waals surface area (Å²) in [6, 6.07) is 13.0. The molecule has 1 aromatic heterocycles. The van der Waals surface area contributed by atoms with Crippen molar-refractivity contribution in [2.75, 3.05) is 19.0 Å². The summed E-state index contributed by atoms with van der Waals surface area (Å²) in [4.78, 5) is 24.4. The number of methoxy groups -OCH3 is 1. The highest BCUT2D eigenvalue weighted by Crippen LogP contribution is 2.42. The first-order valence-corrected chi connectivity index (χ1v) is 8.24. The predicted octanol–water partition coefficient (Wildman–Crippen LogP) is 3.30. The second kappa shape index (κ2) is 6.15. The molecular formula is C20H17N3O3.